The van der Waals surface area contributed by atoms with Crippen LogP contribution in [0, 0.1) is 0 Å². The molecule has 4 aromatic rings. The van der Waals surface area contributed by atoms with E-state index in [0.717, 1.165) is 39.2 Å². The van der Waals surface area contributed by atoms with Crippen molar-refractivity contribution in [3.8, 4) is 0 Å². The van der Waals surface area contributed by atoms with Gasteiger partial charge in [0.05, 0.1) is 22.7 Å². The molecule has 0 unspecified atom stereocenters. The second-order valence-corrected chi connectivity index (χ2v) is 6.18. The Morgan fingerprint density at radius 3 is 1.79 bits per heavy atom. The minimum absolute atomic E-state index is 0.758. The molecule has 1 N–H and O–H groups in total. The van der Waals surface area contributed by atoms with Crippen LogP contribution in [0.5, 0.6) is 0 Å². The lowest BCUT2D eigenvalue weighted by Crippen LogP contribution is -1.88. The molecule has 4 rings (SSSR count). The predicted molar refractivity (Wildman–Crippen MR) is 115 cm³/mol. The van der Waals surface area contributed by atoms with E-state index in [1.54, 1.807) is 0 Å². The Bertz CT molecular complexity index is 1130. The topological polar surface area (TPSA) is 61.5 Å². The van der Waals surface area contributed by atoms with Crippen molar-refractivity contribution < 1.29 is 0 Å². The van der Waals surface area contributed by atoms with E-state index < -0.39 is 0 Å². The van der Waals surface area contributed by atoms with E-state index in [4.69, 9.17) is 0 Å². The zero-order valence-electron chi connectivity index (χ0n) is 15.4. The Hall–Kier alpha value is -3.86. The highest BCUT2D eigenvalue weighted by Gasteiger charge is 2.05. The monoisotopic (exact) mass is 365 g/mol. The fraction of sp³-hybridized carbons (Fsp3) is 0.0435. The van der Waals surface area contributed by atoms with Gasteiger partial charge in [-0.05, 0) is 47.9 Å². The van der Waals surface area contributed by atoms with Crippen LogP contribution in [0.2, 0.25) is 0 Å². The van der Waals surface area contributed by atoms with E-state index in [-0.39, 0.29) is 0 Å². The van der Waals surface area contributed by atoms with Gasteiger partial charge in [-0.15, -0.1) is 5.11 Å². The van der Waals surface area contributed by atoms with Gasteiger partial charge in [0.25, 0.3) is 0 Å². The van der Waals surface area contributed by atoms with Crippen molar-refractivity contribution in [1.82, 2.24) is 0 Å². The van der Waals surface area contributed by atoms with Crippen molar-refractivity contribution in [3.63, 3.8) is 0 Å². The second kappa shape index (κ2) is 8.22. The van der Waals surface area contributed by atoms with Crippen molar-refractivity contribution in [2.75, 3.05) is 12.4 Å². The lowest BCUT2D eigenvalue weighted by atomic mass is 10.1. The molecule has 0 bridgehead atoms. The van der Waals surface area contributed by atoms with Gasteiger partial charge in [-0.25, -0.2) is 0 Å². The lowest BCUT2D eigenvalue weighted by molar-refractivity contribution is 1.21. The molecule has 5 nitrogen and oxygen atoms in total. The van der Waals surface area contributed by atoms with Crippen LogP contribution in [-0.2, 0) is 0 Å². The minimum Gasteiger partial charge on any atom is -0.386 e. The Balaban J connectivity index is 1.57. The standard InChI is InChI=1S/C23H19N5/c1-24-22-16-11-17-7-5-6-10-21(17)23(22)28-27-20-14-12-19(13-15-20)26-25-18-8-3-2-4-9-18/h2-16,24H,1H3/b26-25+,28-27+. The Labute approximate surface area is 163 Å². The largest absolute Gasteiger partial charge is 0.386 e. The number of hydrogen-bond donors (Lipinski definition) is 1. The molecule has 0 saturated heterocycles. The Kier molecular flexibility index (Phi) is 5.15. The van der Waals surface area contributed by atoms with Crippen LogP contribution >= 0.6 is 0 Å². The molecule has 0 atom stereocenters. The summed E-state index contributed by atoms with van der Waals surface area (Å²) < 4.78 is 0. The first-order chi connectivity index (χ1) is 13.8. The Morgan fingerprint density at radius 1 is 0.536 bits per heavy atom. The summed E-state index contributed by atoms with van der Waals surface area (Å²) in [6, 6.07) is 29.4. The number of anilines is 1. The van der Waals surface area contributed by atoms with Crippen LogP contribution in [0.15, 0.2) is 111 Å². The van der Waals surface area contributed by atoms with E-state index in [9.17, 15) is 0 Å². The van der Waals surface area contributed by atoms with Gasteiger partial charge in [0, 0.05) is 12.4 Å². The van der Waals surface area contributed by atoms with Crippen LogP contribution in [0.4, 0.5) is 28.4 Å². The predicted octanol–water partition coefficient (Wildman–Crippen LogP) is 7.71. The summed E-state index contributed by atoms with van der Waals surface area (Å²) in [6.07, 6.45) is 0. The molecule has 0 saturated carbocycles. The lowest BCUT2D eigenvalue weighted by Gasteiger charge is -2.07. The van der Waals surface area contributed by atoms with Gasteiger partial charge in [0.15, 0.2) is 0 Å². The number of fused-ring (bicyclic) bond motifs is 1. The second-order valence-electron chi connectivity index (χ2n) is 6.18. The van der Waals surface area contributed by atoms with Gasteiger partial charge >= 0.3 is 0 Å². The highest BCUT2D eigenvalue weighted by atomic mass is 15.1. The normalized spacial score (nSPS) is 11.5. The molecule has 28 heavy (non-hydrogen) atoms. The van der Waals surface area contributed by atoms with Crippen LogP contribution in [0.25, 0.3) is 10.8 Å². The van der Waals surface area contributed by atoms with Gasteiger partial charge in [-0.1, -0.05) is 48.5 Å². The molecule has 4 aromatic carbocycles. The van der Waals surface area contributed by atoms with Gasteiger partial charge in [0.1, 0.15) is 5.69 Å². The van der Waals surface area contributed by atoms with Gasteiger partial charge in [-0.2, -0.15) is 15.3 Å². The molecule has 0 fully saturated rings. The maximum Gasteiger partial charge on any atom is 0.117 e. The summed E-state index contributed by atoms with van der Waals surface area (Å²) in [4.78, 5) is 0. The number of rotatable bonds is 5. The van der Waals surface area contributed by atoms with E-state index in [2.05, 4.69) is 44.0 Å². The van der Waals surface area contributed by atoms with E-state index in [0.29, 0.717) is 0 Å². The average Bonchev–Trinajstić information content (AvgIpc) is 2.77. The molecule has 0 aromatic heterocycles. The molecule has 0 spiro atoms. The SMILES string of the molecule is CNc1ccc2ccccc2c1/N=N/c1ccc(/N=N/c2ccccc2)cc1. The summed E-state index contributed by atoms with van der Waals surface area (Å²) in [6.45, 7) is 0. The molecular weight excluding hydrogens is 346 g/mol. The molecule has 0 aliphatic heterocycles. The van der Waals surface area contributed by atoms with Crippen molar-refractivity contribution in [3.05, 3.63) is 91.0 Å². The third kappa shape index (κ3) is 3.94. The molecule has 0 aliphatic carbocycles. The molecule has 0 amide bonds. The van der Waals surface area contributed by atoms with E-state index in [1.807, 2.05) is 79.8 Å². The molecular formula is C23H19N5. The Morgan fingerprint density at radius 2 is 1.11 bits per heavy atom. The quantitative estimate of drug-likeness (QED) is 0.362. The molecule has 5 heteroatoms. The van der Waals surface area contributed by atoms with Crippen molar-refractivity contribution >= 4 is 39.2 Å². The van der Waals surface area contributed by atoms with Crippen LogP contribution in [-0.4, -0.2) is 7.05 Å². The third-order valence-electron chi connectivity index (χ3n) is 4.32. The first kappa shape index (κ1) is 17.5. The van der Waals surface area contributed by atoms with E-state index in [1.165, 1.54) is 0 Å². The van der Waals surface area contributed by atoms with E-state index >= 15 is 0 Å². The first-order valence-corrected chi connectivity index (χ1v) is 9.01. The number of nitrogens with zero attached hydrogens (tertiary/aromatic N) is 4. The number of nitrogens with one attached hydrogen (secondary N) is 1. The summed E-state index contributed by atoms with van der Waals surface area (Å²) in [5, 5.41) is 22.8. The maximum atomic E-state index is 4.51. The molecule has 0 heterocycles. The highest BCUT2D eigenvalue weighted by molar-refractivity contribution is 5.98. The van der Waals surface area contributed by atoms with Crippen molar-refractivity contribution in [2.45, 2.75) is 0 Å². The van der Waals surface area contributed by atoms with Gasteiger partial charge < -0.3 is 5.32 Å². The van der Waals surface area contributed by atoms with Gasteiger partial charge in [0.2, 0.25) is 0 Å². The highest BCUT2D eigenvalue weighted by Crippen LogP contribution is 2.35. The van der Waals surface area contributed by atoms with Gasteiger partial charge in [-0.3, -0.25) is 0 Å². The molecule has 136 valence electrons. The fourth-order valence-electron chi connectivity index (χ4n) is 2.87. The van der Waals surface area contributed by atoms with Crippen LogP contribution < -0.4 is 5.32 Å². The summed E-state index contributed by atoms with van der Waals surface area (Å²) in [5.74, 6) is 0. The number of benzene rings is 4. The van der Waals surface area contributed by atoms with Crippen molar-refractivity contribution in [2.24, 2.45) is 20.5 Å². The number of hydrogen-bond acceptors (Lipinski definition) is 5. The first-order valence-electron chi connectivity index (χ1n) is 9.01. The summed E-state index contributed by atoms with van der Waals surface area (Å²) in [7, 11) is 1.88. The smallest absolute Gasteiger partial charge is 0.117 e. The third-order valence-corrected chi connectivity index (χ3v) is 4.32. The van der Waals surface area contributed by atoms with Crippen molar-refractivity contribution in [1.29, 1.82) is 0 Å². The molecule has 0 radical (unpaired) electrons. The number of azo groups is 2. The summed E-state index contributed by atoms with van der Waals surface area (Å²) in [5.41, 5.74) is 4.11. The average molecular weight is 365 g/mol. The summed E-state index contributed by atoms with van der Waals surface area (Å²) >= 11 is 0. The minimum atomic E-state index is 0.758. The van der Waals surface area contributed by atoms with Crippen LogP contribution in [0.3, 0.4) is 0 Å². The molecule has 0 aliphatic rings. The zero-order chi connectivity index (χ0) is 19.2. The maximum absolute atomic E-state index is 4.51. The fourth-order valence-corrected chi connectivity index (χ4v) is 2.87. The zero-order valence-corrected chi connectivity index (χ0v) is 15.4. The van der Waals surface area contributed by atoms with Crippen LogP contribution in [0.1, 0.15) is 0 Å².